The second-order valence-electron chi connectivity index (χ2n) is 17.0. The van der Waals surface area contributed by atoms with Crippen LogP contribution in [0.15, 0.2) is 47.6 Å². The summed E-state index contributed by atoms with van der Waals surface area (Å²) in [5.41, 5.74) is 1.52. The van der Waals surface area contributed by atoms with Crippen LogP contribution in [-0.2, 0) is 10.0 Å². The summed E-state index contributed by atoms with van der Waals surface area (Å²) >= 11 is 6.40. The molecule has 0 aromatic carbocycles. The maximum atomic E-state index is 13.3. The zero-order valence-corrected chi connectivity index (χ0v) is 31.3. The van der Waals surface area contributed by atoms with Gasteiger partial charge in [-0.1, -0.05) is 38.4 Å². The monoisotopic (exact) mass is 723 g/mol. The first kappa shape index (κ1) is 35.2. The van der Waals surface area contributed by atoms with Gasteiger partial charge in [-0.25, -0.2) is 19.4 Å². The van der Waals surface area contributed by atoms with Crippen molar-refractivity contribution in [3.63, 3.8) is 0 Å². The molecule has 1 saturated heterocycles. The molecule has 0 bridgehead atoms. The normalized spacial score (nSPS) is 22.0. The highest BCUT2D eigenvalue weighted by molar-refractivity contribution is 7.90. The Kier molecular flexibility index (Phi) is 8.99. The second kappa shape index (κ2) is 12.8. The smallest absolute Gasteiger partial charge is 0.281 e. The SMILES string of the molecule is CC(C)(C)CC(CNc1cccc(S(=O)(=O)NC(=O)c2ccc(-n3ccc(OCCC4C5(CC5)C45CC5)n3)nc2Cl)n1)C[C@@H]1CNC(C)(C)C1. The number of sulfonamides is 1. The predicted octanol–water partition coefficient (Wildman–Crippen LogP) is 6.64. The van der Waals surface area contributed by atoms with E-state index in [2.05, 4.69) is 65.0 Å². The molecule has 3 saturated carbocycles. The van der Waals surface area contributed by atoms with Crippen molar-refractivity contribution >= 4 is 33.3 Å². The molecule has 270 valence electrons. The molecule has 1 unspecified atom stereocenters. The molecular formula is C37H50ClN7O4S. The van der Waals surface area contributed by atoms with Gasteiger partial charge in [-0.05, 0) is 130 Å². The molecule has 3 N–H and O–H groups in total. The fraction of sp³-hybridized carbons (Fsp3) is 0.622. The molecule has 11 nitrogen and oxygen atoms in total. The molecule has 2 atom stereocenters. The van der Waals surface area contributed by atoms with Crippen molar-refractivity contribution in [1.82, 2.24) is 29.8 Å². The predicted molar refractivity (Wildman–Crippen MR) is 193 cm³/mol. The van der Waals surface area contributed by atoms with E-state index in [0.29, 0.717) is 53.3 Å². The Balaban J connectivity index is 0.940. The first-order valence-corrected chi connectivity index (χ1v) is 19.8. The summed E-state index contributed by atoms with van der Waals surface area (Å²) in [5.74, 6) is 2.18. The Morgan fingerprint density at radius 3 is 2.48 bits per heavy atom. The van der Waals surface area contributed by atoms with Crippen molar-refractivity contribution in [3.05, 3.63) is 53.3 Å². The molecule has 1 amide bonds. The molecule has 3 aliphatic carbocycles. The van der Waals surface area contributed by atoms with Crippen LogP contribution in [0.1, 0.15) is 96.3 Å². The number of anilines is 1. The third-order valence-electron chi connectivity index (χ3n) is 11.4. The van der Waals surface area contributed by atoms with E-state index < -0.39 is 15.9 Å². The summed E-state index contributed by atoms with van der Waals surface area (Å²) in [6.07, 6.45) is 11.5. The fourth-order valence-electron chi connectivity index (χ4n) is 9.04. The third-order valence-corrected chi connectivity index (χ3v) is 12.9. The van der Waals surface area contributed by atoms with Crippen molar-refractivity contribution in [2.45, 2.75) is 96.6 Å². The molecule has 4 heterocycles. The fourth-order valence-corrected chi connectivity index (χ4v) is 10.2. The van der Waals surface area contributed by atoms with E-state index in [1.54, 1.807) is 30.5 Å². The highest BCUT2D eigenvalue weighted by atomic mass is 35.5. The quantitative estimate of drug-likeness (QED) is 0.156. The lowest BCUT2D eigenvalue weighted by atomic mass is 9.79. The minimum atomic E-state index is -4.30. The Morgan fingerprint density at radius 1 is 1.10 bits per heavy atom. The number of fused-ring (bicyclic) bond motifs is 1. The van der Waals surface area contributed by atoms with E-state index in [9.17, 15) is 13.2 Å². The number of halogens is 1. The van der Waals surface area contributed by atoms with E-state index in [4.69, 9.17) is 16.3 Å². The van der Waals surface area contributed by atoms with Crippen molar-refractivity contribution in [1.29, 1.82) is 0 Å². The minimum Gasteiger partial charge on any atom is -0.477 e. The topological polar surface area (TPSA) is 140 Å². The highest BCUT2D eigenvalue weighted by Crippen LogP contribution is 2.93. The summed E-state index contributed by atoms with van der Waals surface area (Å²) in [5, 5.41) is 11.0. The van der Waals surface area contributed by atoms with Crippen molar-refractivity contribution < 1.29 is 17.9 Å². The van der Waals surface area contributed by atoms with Crippen molar-refractivity contribution in [3.8, 4) is 11.7 Å². The lowest BCUT2D eigenvalue weighted by molar-refractivity contribution is 0.0981. The standard InChI is InChI=1S/C37H50ClN7O4S/c1-34(2,3)20-24(19-25-21-35(4,5)40-23-25)22-39-28-7-6-8-31(41-28)50(47,48)44-33(46)26-9-10-29(42-32(26)38)45-17-11-30(43-45)49-18-12-27-36(13-14-36)37(27)15-16-37/h6-11,17,24-25,27,40H,12-16,18-23H2,1-5H3,(H,39,41)(H,44,46)/t24?,25-/m0/s1. The largest absolute Gasteiger partial charge is 0.477 e. The molecule has 3 aromatic heterocycles. The lowest BCUT2D eigenvalue weighted by Gasteiger charge is -2.28. The van der Waals surface area contributed by atoms with Crippen LogP contribution in [0, 0.1) is 34.0 Å². The van der Waals surface area contributed by atoms with Crippen LogP contribution in [0.2, 0.25) is 5.15 Å². The zero-order chi connectivity index (χ0) is 35.5. The van der Waals surface area contributed by atoms with Gasteiger partial charge in [0.2, 0.25) is 5.88 Å². The van der Waals surface area contributed by atoms with Gasteiger partial charge in [0, 0.05) is 24.3 Å². The zero-order valence-electron chi connectivity index (χ0n) is 29.8. The van der Waals surface area contributed by atoms with Crippen LogP contribution >= 0.6 is 11.6 Å². The number of ether oxygens (including phenoxy) is 1. The van der Waals surface area contributed by atoms with Crippen molar-refractivity contribution in [2.24, 2.45) is 34.0 Å². The third kappa shape index (κ3) is 7.39. The van der Waals surface area contributed by atoms with Crippen molar-refractivity contribution in [2.75, 3.05) is 25.0 Å². The minimum absolute atomic E-state index is 0.0843. The van der Waals surface area contributed by atoms with Crippen LogP contribution in [-0.4, -0.2) is 59.3 Å². The van der Waals surface area contributed by atoms with Gasteiger partial charge in [0.05, 0.1) is 12.2 Å². The maximum absolute atomic E-state index is 13.3. The number of aromatic nitrogens is 4. The summed E-state index contributed by atoms with van der Waals surface area (Å²) in [7, 11) is -4.30. The van der Waals surface area contributed by atoms with Crippen LogP contribution < -0.4 is 20.1 Å². The highest BCUT2D eigenvalue weighted by Gasteiger charge is 2.85. The van der Waals surface area contributed by atoms with E-state index in [1.807, 2.05) is 0 Å². The Bertz CT molecular complexity index is 1840. The van der Waals surface area contributed by atoms with Gasteiger partial charge in [0.25, 0.3) is 15.9 Å². The number of nitrogens with zero attached hydrogens (tertiary/aromatic N) is 4. The maximum Gasteiger partial charge on any atom is 0.281 e. The van der Waals surface area contributed by atoms with Gasteiger partial charge in [0.1, 0.15) is 11.0 Å². The van der Waals surface area contributed by atoms with Crippen LogP contribution in [0.25, 0.3) is 5.82 Å². The Labute approximate surface area is 300 Å². The average Bonchev–Trinajstić information content (AvgIpc) is 3.99. The van der Waals surface area contributed by atoms with Gasteiger partial charge in [-0.2, -0.15) is 8.42 Å². The number of nitrogens with one attached hydrogen (secondary N) is 3. The molecule has 3 aromatic rings. The van der Waals surface area contributed by atoms with Gasteiger partial charge < -0.3 is 15.4 Å². The van der Waals surface area contributed by atoms with Crippen LogP contribution in [0.4, 0.5) is 5.82 Å². The van der Waals surface area contributed by atoms with E-state index in [0.717, 1.165) is 38.1 Å². The van der Waals surface area contributed by atoms with E-state index >= 15 is 0 Å². The van der Waals surface area contributed by atoms with E-state index in [-0.39, 0.29) is 26.7 Å². The molecule has 1 aliphatic heterocycles. The first-order valence-electron chi connectivity index (χ1n) is 18.0. The molecule has 0 radical (unpaired) electrons. The van der Waals surface area contributed by atoms with Crippen LogP contribution in [0.5, 0.6) is 5.88 Å². The molecule has 2 spiro atoms. The molecule has 4 aliphatic rings. The number of amides is 1. The summed E-state index contributed by atoms with van der Waals surface area (Å²) in [4.78, 5) is 21.8. The van der Waals surface area contributed by atoms with Gasteiger partial charge in [-0.15, -0.1) is 5.10 Å². The van der Waals surface area contributed by atoms with Gasteiger partial charge >= 0.3 is 0 Å². The summed E-state index contributed by atoms with van der Waals surface area (Å²) in [6.45, 7) is 13.5. The molecular weight excluding hydrogens is 674 g/mol. The average molecular weight is 724 g/mol. The number of pyridine rings is 2. The number of carbonyl (C=O) groups is 1. The number of hydrogen-bond acceptors (Lipinski definition) is 9. The Morgan fingerprint density at radius 2 is 1.84 bits per heavy atom. The number of rotatable bonds is 14. The van der Waals surface area contributed by atoms with Gasteiger partial charge in [-0.3, -0.25) is 4.79 Å². The number of hydrogen-bond donors (Lipinski definition) is 3. The molecule has 13 heteroatoms. The lowest BCUT2D eigenvalue weighted by Crippen LogP contribution is -2.31. The van der Waals surface area contributed by atoms with Gasteiger partial charge in [0.15, 0.2) is 10.8 Å². The molecule has 7 rings (SSSR count). The first-order chi connectivity index (χ1) is 23.6. The molecule has 50 heavy (non-hydrogen) atoms. The number of carbonyl (C=O) groups excluding carboxylic acids is 1. The van der Waals surface area contributed by atoms with Crippen LogP contribution in [0.3, 0.4) is 0 Å². The van der Waals surface area contributed by atoms with E-state index in [1.165, 1.54) is 42.5 Å². The second-order valence-corrected chi connectivity index (χ2v) is 19.0. The summed E-state index contributed by atoms with van der Waals surface area (Å²) < 4.78 is 36.1. The molecule has 4 fully saturated rings. The summed E-state index contributed by atoms with van der Waals surface area (Å²) in [6, 6.07) is 9.46. The Hall–Kier alpha value is -3.22.